The maximum atomic E-state index is 13.7. The molecule has 1 aromatic heterocycles. The normalized spacial score (nSPS) is 10.3. The lowest BCUT2D eigenvalue weighted by Crippen LogP contribution is -2.08. The maximum Gasteiger partial charge on any atom is 0.303 e. The highest BCUT2D eigenvalue weighted by molar-refractivity contribution is 5.66. The molecule has 0 bridgehead atoms. The highest BCUT2D eigenvalue weighted by atomic mass is 19.1. The second-order valence-corrected chi connectivity index (χ2v) is 3.97. The third-order valence-electron chi connectivity index (χ3n) is 2.56. The second kappa shape index (κ2) is 7.58. The van der Waals surface area contributed by atoms with Crippen molar-refractivity contribution in [3.8, 4) is 0 Å². The molecule has 2 N–H and O–H groups in total. The number of carbonyl (C=O) groups is 1. The van der Waals surface area contributed by atoms with Crippen LogP contribution in [0.5, 0.6) is 0 Å². The SMILES string of the molecule is CCc1ncnc(NCCCCCC(=O)O)c1F. The van der Waals surface area contributed by atoms with E-state index in [1.54, 1.807) is 0 Å². The number of aliphatic carboxylic acids is 1. The number of anilines is 1. The van der Waals surface area contributed by atoms with Crippen LogP contribution in [0.3, 0.4) is 0 Å². The molecule has 0 aliphatic rings. The average Bonchev–Trinajstić information content (AvgIpc) is 2.35. The molecule has 0 radical (unpaired) electrons. The van der Waals surface area contributed by atoms with Gasteiger partial charge in [-0.05, 0) is 19.3 Å². The number of halogens is 1. The first-order valence-corrected chi connectivity index (χ1v) is 6.10. The summed E-state index contributed by atoms with van der Waals surface area (Å²) in [6, 6.07) is 0. The van der Waals surface area contributed by atoms with Crippen molar-refractivity contribution in [2.45, 2.75) is 39.0 Å². The summed E-state index contributed by atoms with van der Waals surface area (Å²) in [5, 5.41) is 11.4. The Balaban J connectivity index is 2.29. The lowest BCUT2D eigenvalue weighted by molar-refractivity contribution is -0.137. The molecule has 1 aromatic rings. The van der Waals surface area contributed by atoms with Gasteiger partial charge in [0.2, 0.25) is 0 Å². The Morgan fingerprint density at radius 1 is 1.39 bits per heavy atom. The maximum absolute atomic E-state index is 13.7. The smallest absolute Gasteiger partial charge is 0.303 e. The highest BCUT2D eigenvalue weighted by Crippen LogP contribution is 2.13. The number of aryl methyl sites for hydroxylation is 1. The van der Waals surface area contributed by atoms with Gasteiger partial charge in [-0.2, -0.15) is 0 Å². The van der Waals surface area contributed by atoms with Gasteiger partial charge < -0.3 is 10.4 Å². The van der Waals surface area contributed by atoms with Crippen molar-refractivity contribution in [3.05, 3.63) is 17.8 Å². The second-order valence-electron chi connectivity index (χ2n) is 3.97. The molecule has 0 unspecified atom stereocenters. The molecule has 6 heteroatoms. The fourth-order valence-corrected chi connectivity index (χ4v) is 1.56. The zero-order chi connectivity index (χ0) is 13.4. The zero-order valence-electron chi connectivity index (χ0n) is 10.4. The first-order chi connectivity index (χ1) is 8.65. The van der Waals surface area contributed by atoms with E-state index in [0.29, 0.717) is 25.1 Å². The van der Waals surface area contributed by atoms with E-state index >= 15 is 0 Å². The molecule has 18 heavy (non-hydrogen) atoms. The van der Waals surface area contributed by atoms with E-state index in [1.165, 1.54) is 6.33 Å². The summed E-state index contributed by atoms with van der Waals surface area (Å²) < 4.78 is 13.7. The van der Waals surface area contributed by atoms with Crippen LogP contribution in [0.1, 0.15) is 38.3 Å². The molecule has 1 heterocycles. The molecule has 0 aliphatic carbocycles. The molecule has 0 aliphatic heterocycles. The molecular formula is C12H18FN3O2. The third kappa shape index (κ3) is 4.65. The Labute approximate surface area is 105 Å². The van der Waals surface area contributed by atoms with E-state index in [0.717, 1.165) is 12.8 Å². The van der Waals surface area contributed by atoms with Crippen LogP contribution in [0.25, 0.3) is 0 Å². The number of carboxylic acid groups (broad SMARTS) is 1. The molecule has 1 rings (SSSR count). The molecule has 0 saturated carbocycles. The Kier molecular flexibility index (Phi) is 6.04. The lowest BCUT2D eigenvalue weighted by Gasteiger charge is -2.07. The van der Waals surface area contributed by atoms with Crippen molar-refractivity contribution in [3.63, 3.8) is 0 Å². The van der Waals surface area contributed by atoms with Gasteiger partial charge in [0.15, 0.2) is 11.6 Å². The van der Waals surface area contributed by atoms with E-state index in [1.807, 2.05) is 6.92 Å². The standard InChI is InChI=1S/C12H18FN3O2/c1-2-9-11(13)12(16-8-15-9)14-7-5-3-4-6-10(17)18/h8H,2-7H2,1H3,(H,17,18)(H,14,15,16). The number of nitrogens with zero attached hydrogens (tertiary/aromatic N) is 2. The predicted octanol–water partition coefficient (Wildman–Crippen LogP) is 2.23. The summed E-state index contributed by atoms with van der Waals surface area (Å²) in [7, 11) is 0. The summed E-state index contributed by atoms with van der Waals surface area (Å²) in [6.07, 6.45) is 4.28. The van der Waals surface area contributed by atoms with Gasteiger partial charge in [-0.25, -0.2) is 14.4 Å². The van der Waals surface area contributed by atoms with Crippen molar-refractivity contribution in [1.82, 2.24) is 9.97 Å². The molecule has 0 fully saturated rings. The van der Waals surface area contributed by atoms with Crippen LogP contribution in [-0.2, 0) is 11.2 Å². The van der Waals surface area contributed by atoms with E-state index < -0.39 is 11.8 Å². The van der Waals surface area contributed by atoms with Crippen LogP contribution in [0.2, 0.25) is 0 Å². The van der Waals surface area contributed by atoms with Crippen LogP contribution >= 0.6 is 0 Å². The molecule has 0 aromatic carbocycles. The van der Waals surface area contributed by atoms with Crippen molar-refractivity contribution in [2.24, 2.45) is 0 Å². The summed E-state index contributed by atoms with van der Waals surface area (Å²) in [6.45, 7) is 2.41. The van der Waals surface area contributed by atoms with Gasteiger partial charge in [-0.3, -0.25) is 4.79 Å². The van der Waals surface area contributed by atoms with Crippen molar-refractivity contribution >= 4 is 11.8 Å². The summed E-state index contributed by atoms with van der Waals surface area (Å²) in [5.41, 5.74) is 0.401. The topological polar surface area (TPSA) is 75.1 Å². The van der Waals surface area contributed by atoms with Crippen molar-refractivity contribution in [1.29, 1.82) is 0 Å². The monoisotopic (exact) mass is 255 g/mol. The highest BCUT2D eigenvalue weighted by Gasteiger charge is 2.08. The van der Waals surface area contributed by atoms with Gasteiger partial charge in [0, 0.05) is 13.0 Å². The zero-order valence-corrected chi connectivity index (χ0v) is 10.4. The molecular weight excluding hydrogens is 237 g/mol. The largest absolute Gasteiger partial charge is 0.481 e. The Morgan fingerprint density at radius 3 is 2.83 bits per heavy atom. The van der Waals surface area contributed by atoms with Gasteiger partial charge in [0.25, 0.3) is 0 Å². The first-order valence-electron chi connectivity index (χ1n) is 6.10. The number of hydrogen-bond donors (Lipinski definition) is 2. The quantitative estimate of drug-likeness (QED) is 0.697. The van der Waals surface area contributed by atoms with Gasteiger partial charge in [-0.1, -0.05) is 13.3 Å². The third-order valence-corrected chi connectivity index (χ3v) is 2.56. The number of nitrogens with one attached hydrogen (secondary N) is 1. The fourth-order valence-electron chi connectivity index (χ4n) is 1.56. The minimum atomic E-state index is -0.780. The van der Waals surface area contributed by atoms with Gasteiger partial charge in [0.1, 0.15) is 6.33 Å². The Bertz CT molecular complexity index is 399. The van der Waals surface area contributed by atoms with E-state index in [9.17, 15) is 9.18 Å². The summed E-state index contributed by atoms with van der Waals surface area (Å²) >= 11 is 0. The van der Waals surface area contributed by atoms with Crippen molar-refractivity contribution in [2.75, 3.05) is 11.9 Å². The molecule has 0 amide bonds. The van der Waals surface area contributed by atoms with Crippen molar-refractivity contribution < 1.29 is 14.3 Å². The number of carboxylic acids is 1. The first kappa shape index (κ1) is 14.3. The van der Waals surface area contributed by atoms with Gasteiger partial charge in [-0.15, -0.1) is 0 Å². The van der Waals surface area contributed by atoms with Crippen LogP contribution in [-0.4, -0.2) is 27.6 Å². The van der Waals surface area contributed by atoms with E-state index in [-0.39, 0.29) is 12.2 Å². The van der Waals surface area contributed by atoms with Gasteiger partial charge in [0.05, 0.1) is 5.69 Å². The minimum Gasteiger partial charge on any atom is -0.481 e. The molecule has 5 nitrogen and oxygen atoms in total. The molecule has 0 saturated heterocycles. The Morgan fingerprint density at radius 2 is 2.17 bits per heavy atom. The van der Waals surface area contributed by atoms with Crippen LogP contribution in [0.15, 0.2) is 6.33 Å². The van der Waals surface area contributed by atoms with E-state index in [4.69, 9.17) is 5.11 Å². The average molecular weight is 255 g/mol. The summed E-state index contributed by atoms with van der Waals surface area (Å²) in [4.78, 5) is 18.0. The number of rotatable bonds is 8. The minimum absolute atomic E-state index is 0.182. The molecule has 100 valence electrons. The van der Waals surface area contributed by atoms with Crippen LogP contribution < -0.4 is 5.32 Å². The fraction of sp³-hybridized carbons (Fsp3) is 0.583. The van der Waals surface area contributed by atoms with Crippen LogP contribution in [0.4, 0.5) is 10.2 Å². The van der Waals surface area contributed by atoms with Crippen LogP contribution in [0, 0.1) is 5.82 Å². The predicted molar refractivity (Wildman–Crippen MR) is 66.0 cm³/mol. The number of unbranched alkanes of at least 4 members (excludes halogenated alkanes) is 2. The summed E-state index contributed by atoms with van der Waals surface area (Å²) in [5.74, 6) is -0.956. The van der Waals surface area contributed by atoms with Gasteiger partial charge >= 0.3 is 5.97 Å². The van der Waals surface area contributed by atoms with E-state index in [2.05, 4.69) is 15.3 Å². The number of aromatic nitrogens is 2. The molecule has 0 atom stereocenters. The molecule has 0 spiro atoms. The number of hydrogen-bond acceptors (Lipinski definition) is 4. The Hall–Kier alpha value is -1.72. The lowest BCUT2D eigenvalue weighted by atomic mass is 10.2.